The summed E-state index contributed by atoms with van der Waals surface area (Å²) in [4.78, 5) is 35.8. The molecule has 182 valence electrons. The summed E-state index contributed by atoms with van der Waals surface area (Å²) in [6.45, 7) is 9.72. The highest BCUT2D eigenvalue weighted by Crippen LogP contribution is 2.28. The third kappa shape index (κ3) is 8.23. The minimum absolute atomic E-state index is 0.105. The van der Waals surface area contributed by atoms with Gasteiger partial charge in [0.05, 0.1) is 12.8 Å². The quantitative estimate of drug-likeness (QED) is 0.281. The van der Waals surface area contributed by atoms with Crippen molar-refractivity contribution in [1.29, 1.82) is 0 Å². The molecule has 2 aromatic carbocycles. The summed E-state index contributed by atoms with van der Waals surface area (Å²) in [5.41, 5.74) is 5.73. The predicted molar refractivity (Wildman–Crippen MR) is 131 cm³/mol. The maximum absolute atomic E-state index is 12.3. The summed E-state index contributed by atoms with van der Waals surface area (Å²) >= 11 is 0. The van der Waals surface area contributed by atoms with Crippen LogP contribution in [-0.4, -0.2) is 43.2 Å². The second kappa shape index (κ2) is 13.0. The van der Waals surface area contributed by atoms with Gasteiger partial charge < -0.3 is 20.1 Å². The topological polar surface area (TPSA) is 118 Å². The van der Waals surface area contributed by atoms with Gasteiger partial charge in [0.2, 0.25) is 0 Å². The fourth-order valence-corrected chi connectivity index (χ4v) is 2.76. The normalized spacial score (nSPS) is 11.6. The van der Waals surface area contributed by atoms with E-state index in [4.69, 9.17) is 9.47 Å². The molecule has 0 aliphatic carbocycles. The third-order valence-electron chi connectivity index (χ3n) is 4.99. The molecule has 3 N–H and O–H groups in total. The van der Waals surface area contributed by atoms with E-state index in [9.17, 15) is 14.4 Å². The Morgan fingerprint density at radius 3 is 2.41 bits per heavy atom. The number of rotatable bonds is 10. The van der Waals surface area contributed by atoms with E-state index in [1.165, 1.54) is 6.21 Å². The van der Waals surface area contributed by atoms with Gasteiger partial charge in [-0.1, -0.05) is 13.0 Å². The summed E-state index contributed by atoms with van der Waals surface area (Å²) in [5.74, 6) is -1.08. The Kier molecular flexibility index (Phi) is 10.1. The number of benzene rings is 2. The molecule has 0 fully saturated rings. The number of nitrogens with one attached hydrogen (secondary N) is 3. The van der Waals surface area contributed by atoms with Gasteiger partial charge in [-0.25, -0.2) is 5.43 Å². The molecule has 3 amide bonds. The highest BCUT2D eigenvalue weighted by Gasteiger charge is 2.14. The molecule has 1 atom stereocenters. The molecule has 0 aromatic heterocycles. The van der Waals surface area contributed by atoms with E-state index >= 15 is 0 Å². The molecule has 0 saturated heterocycles. The lowest BCUT2D eigenvalue weighted by Gasteiger charge is -2.13. The number of anilines is 1. The Bertz CT molecular complexity index is 1050. The largest absolute Gasteiger partial charge is 0.490 e. The maximum atomic E-state index is 12.3. The monoisotopic (exact) mass is 468 g/mol. The number of amides is 3. The molecule has 0 aliphatic heterocycles. The number of hydrazone groups is 1. The second-order valence-electron chi connectivity index (χ2n) is 7.76. The molecule has 0 heterocycles. The summed E-state index contributed by atoms with van der Waals surface area (Å²) < 4.78 is 11.3. The van der Waals surface area contributed by atoms with Gasteiger partial charge in [0, 0.05) is 11.7 Å². The van der Waals surface area contributed by atoms with Crippen molar-refractivity contribution in [2.24, 2.45) is 5.10 Å². The van der Waals surface area contributed by atoms with Crippen LogP contribution in [0.25, 0.3) is 0 Å². The molecule has 0 unspecified atom stereocenters. The molecule has 9 heteroatoms. The molecular weight excluding hydrogens is 436 g/mol. The van der Waals surface area contributed by atoms with E-state index < -0.39 is 11.8 Å². The molecule has 2 rings (SSSR count). The van der Waals surface area contributed by atoms with Crippen molar-refractivity contribution in [3.05, 3.63) is 53.1 Å². The van der Waals surface area contributed by atoms with Gasteiger partial charge in [0.1, 0.15) is 0 Å². The average molecular weight is 469 g/mol. The summed E-state index contributed by atoms with van der Waals surface area (Å²) in [5, 5.41) is 9.18. The summed E-state index contributed by atoms with van der Waals surface area (Å²) in [7, 11) is 0. The number of carbonyl (C=O) groups excluding carboxylic acids is 3. The molecule has 0 spiro atoms. The Morgan fingerprint density at radius 2 is 1.74 bits per heavy atom. The smallest absolute Gasteiger partial charge is 0.329 e. The van der Waals surface area contributed by atoms with Crippen LogP contribution in [0.1, 0.15) is 43.9 Å². The van der Waals surface area contributed by atoms with Gasteiger partial charge in [-0.3, -0.25) is 14.4 Å². The summed E-state index contributed by atoms with van der Waals surface area (Å²) in [6, 6.07) is 10.6. The first-order valence-electron chi connectivity index (χ1n) is 11.1. The minimum Gasteiger partial charge on any atom is -0.490 e. The maximum Gasteiger partial charge on any atom is 0.329 e. The van der Waals surface area contributed by atoms with Crippen LogP contribution in [0.3, 0.4) is 0 Å². The third-order valence-corrected chi connectivity index (χ3v) is 4.99. The van der Waals surface area contributed by atoms with Crippen molar-refractivity contribution < 1.29 is 23.9 Å². The molecule has 2 aromatic rings. The van der Waals surface area contributed by atoms with E-state index in [0.717, 1.165) is 11.1 Å². The molecule has 0 saturated carbocycles. The van der Waals surface area contributed by atoms with Crippen LogP contribution in [0, 0.1) is 13.8 Å². The zero-order valence-corrected chi connectivity index (χ0v) is 20.2. The molecule has 34 heavy (non-hydrogen) atoms. The standard InChI is InChI=1S/C25H32N4O5/c1-6-18(5)27-24(31)25(32)29-26-14-19-9-11-21(22(13-19)33-7-2)34-15-23(30)28-20-10-8-16(3)17(4)12-20/h8-14,18H,6-7,15H2,1-5H3,(H,27,31)(H,28,30)(H,29,32)/b26-14-/t18-/m0/s1. The van der Waals surface area contributed by atoms with E-state index in [1.807, 2.05) is 45.9 Å². The van der Waals surface area contributed by atoms with Crippen LogP contribution in [0.5, 0.6) is 11.5 Å². The van der Waals surface area contributed by atoms with E-state index in [0.29, 0.717) is 35.8 Å². The lowest BCUT2D eigenvalue weighted by Crippen LogP contribution is -2.41. The van der Waals surface area contributed by atoms with Gasteiger partial charge in [0.15, 0.2) is 18.1 Å². The fourth-order valence-electron chi connectivity index (χ4n) is 2.76. The van der Waals surface area contributed by atoms with Gasteiger partial charge >= 0.3 is 11.8 Å². The first-order valence-corrected chi connectivity index (χ1v) is 11.1. The predicted octanol–water partition coefficient (Wildman–Crippen LogP) is 3.08. The van der Waals surface area contributed by atoms with Gasteiger partial charge in [-0.15, -0.1) is 0 Å². The molecule has 0 aliphatic rings. The molecular formula is C25H32N4O5. The molecule has 0 bridgehead atoms. The van der Waals surface area contributed by atoms with Crippen molar-refractivity contribution in [2.45, 2.75) is 47.1 Å². The zero-order valence-electron chi connectivity index (χ0n) is 20.2. The van der Waals surface area contributed by atoms with Crippen LogP contribution in [-0.2, 0) is 14.4 Å². The lowest BCUT2D eigenvalue weighted by atomic mass is 10.1. The number of carbonyl (C=O) groups is 3. The van der Waals surface area contributed by atoms with Crippen LogP contribution in [0.15, 0.2) is 41.5 Å². The highest BCUT2D eigenvalue weighted by molar-refractivity contribution is 6.35. The van der Waals surface area contributed by atoms with Crippen LogP contribution < -0.4 is 25.5 Å². The van der Waals surface area contributed by atoms with E-state index in [-0.39, 0.29) is 18.6 Å². The lowest BCUT2D eigenvalue weighted by molar-refractivity contribution is -0.139. The number of ether oxygens (including phenoxy) is 2. The zero-order chi connectivity index (χ0) is 25.1. The van der Waals surface area contributed by atoms with Crippen LogP contribution in [0.4, 0.5) is 5.69 Å². The van der Waals surface area contributed by atoms with Crippen LogP contribution >= 0.6 is 0 Å². The van der Waals surface area contributed by atoms with Crippen molar-refractivity contribution in [3.8, 4) is 11.5 Å². The van der Waals surface area contributed by atoms with Gasteiger partial charge in [-0.2, -0.15) is 5.10 Å². The van der Waals surface area contributed by atoms with E-state index in [1.54, 1.807) is 25.1 Å². The second-order valence-corrected chi connectivity index (χ2v) is 7.76. The number of nitrogens with zero attached hydrogens (tertiary/aromatic N) is 1. The Hall–Kier alpha value is -3.88. The SMILES string of the molecule is CCOc1cc(/C=N\NC(=O)C(=O)N[C@@H](C)CC)ccc1OCC(=O)Nc1ccc(C)c(C)c1. The van der Waals surface area contributed by atoms with Crippen molar-refractivity contribution in [3.63, 3.8) is 0 Å². The Balaban J connectivity index is 1.96. The molecule has 9 nitrogen and oxygen atoms in total. The van der Waals surface area contributed by atoms with E-state index in [2.05, 4.69) is 21.2 Å². The number of aryl methyl sites for hydroxylation is 2. The minimum atomic E-state index is -0.851. The Labute approximate surface area is 199 Å². The van der Waals surface area contributed by atoms with Gasteiger partial charge in [-0.05, 0) is 81.1 Å². The number of hydrogen-bond donors (Lipinski definition) is 3. The molecule has 0 radical (unpaired) electrons. The average Bonchev–Trinajstić information content (AvgIpc) is 2.80. The fraction of sp³-hybridized carbons (Fsp3) is 0.360. The van der Waals surface area contributed by atoms with Gasteiger partial charge in [0.25, 0.3) is 5.91 Å². The van der Waals surface area contributed by atoms with Crippen molar-refractivity contribution in [1.82, 2.24) is 10.7 Å². The first kappa shape index (κ1) is 26.4. The highest BCUT2D eigenvalue weighted by atomic mass is 16.5. The van der Waals surface area contributed by atoms with Crippen LogP contribution in [0.2, 0.25) is 0 Å². The van der Waals surface area contributed by atoms with Crippen molar-refractivity contribution in [2.75, 3.05) is 18.5 Å². The first-order chi connectivity index (χ1) is 16.2. The Morgan fingerprint density at radius 1 is 0.971 bits per heavy atom. The number of hydrogen-bond acceptors (Lipinski definition) is 6. The summed E-state index contributed by atoms with van der Waals surface area (Å²) in [6.07, 6.45) is 2.09. The van der Waals surface area contributed by atoms with Crippen molar-refractivity contribution >= 4 is 29.6 Å².